The van der Waals surface area contributed by atoms with E-state index in [1.165, 1.54) is 0 Å². The zero-order chi connectivity index (χ0) is 10.6. The van der Waals surface area contributed by atoms with Crippen molar-refractivity contribution in [2.75, 3.05) is 0 Å². The van der Waals surface area contributed by atoms with Crippen LogP contribution < -0.4 is 0 Å². The maximum atomic E-state index is 11.9. The van der Waals surface area contributed by atoms with Crippen molar-refractivity contribution in [1.29, 1.82) is 0 Å². The van der Waals surface area contributed by atoms with Gasteiger partial charge in [0, 0.05) is 0 Å². The van der Waals surface area contributed by atoms with Gasteiger partial charge in [-0.1, -0.05) is 30.3 Å². The molecular weight excluding hydrogens is 193 g/mol. The van der Waals surface area contributed by atoms with Crippen LogP contribution in [0.5, 0.6) is 0 Å². The molecule has 0 unspecified atom stereocenters. The molecule has 1 N–H and O–H groups in total. The molecule has 0 saturated carbocycles. The lowest BCUT2D eigenvalue weighted by molar-refractivity contribution is -0.205. The Morgan fingerprint density at radius 1 is 1.14 bits per heavy atom. The van der Waals surface area contributed by atoms with Crippen LogP contribution in [0.15, 0.2) is 30.3 Å². The minimum absolute atomic E-state index is 0.238. The van der Waals surface area contributed by atoms with Gasteiger partial charge in [0.2, 0.25) is 0 Å². The van der Waals surface area contributed by atoms with Crippen molar-refractivity contribution in [3.8, 4) is 0 Å². The summed E-state index contributed by atoms with van der Waals surface area (Å²) in [5.41, 5.74) is 0.802. The van der Waals surface area contributed by atoms with Crippen molar-refractivity contribution >= 4 is 0 Å². The van der Waals surface area contributed by atoms with E-state index in [1.807, 2.05) is 0 Å². The summed E-state index contributed by atoms with van der Waals surface area (Å²) >= 11 is 0. The fourth-order valence-corrected chi connectivity index (χ4v) is 1.11. The van der Waals surface area contributed by atoms with Crippen LogP contribution in [-0.2, 0) is 6.42 Å². The average Bonchev–Trinajstić information content (AvgIpc) is 2.14. The molecule has 78 valence electrons. The third-order valence-electron chi connectivity index (χ3n) is 1.93. The molecule has 0 aliphatic heterocycles. The van der Waals surface area contributed by atoms with Crippen LogP contribution in [0.1, 0.15) is 12.0 Å². The highest BCUT2D eigenvalue weighted by molar-refractivity contribution is 5.14. The number of alkyl halides is 3. The molecule has 0 radical (unpaired) electrons. The smallest absolute Gasteiger partial charge is 0.384 e. The van der Waals surface area contributed by atoms with Crippen LogP contribution in [0.3, 0.4) is 0 Å². The number of aliphatic hydroxyl groups is 1. The lowest BCUT2D eigenvalue weighted by Crippen LogP contribution is -2.28. The van der Waals surface area contributed by atoms with Gasteiger partial charge in [0.1, 0.15) is 6.10 Å². The van der Waals surface area contributed by atoms with Crippen LogP contribution in [-0.4, -0.2) is 17.4 Å². The van der Waals surface area contributed by atoms with Gasteiger partial charge >= 0.3 is 6.18 Å². The fraction of sp³-hybridized carbons (Fsp3) is 0.400. The summed E-state index contributed by atoms with van der Waals surface area (Å²) in [4.78, 5) is 0. The quantitative estimate of drug-likeness (QED) is 0.802. The molecule has 4 heteroatoms. The van der Waals surface area contributed by atoms with Gasteiger partial charge in [0.05, 0.1) is 0 Å². The Morgan fingerprint density at radius 2 is 1.71 bits per heavy atom. The van der Waals surface area contributed by atoms with E-state index in [4.69, 9.17) is 5.11 Å². The van der Waals surface area contributed by atoms with E-state index in [2.05, 4.69) is 0 Å². The first kappa shape index (κ1) is 11.0. The van der Waals surface area contributed by atoms with E-state index in [9.17, 15) is 13.2 Å². The summed E-state index contributed by atoms with van der Waals surface area (Å²) in [6, 6.07) is 8.79. The van der Waals surface area contributed by atoms with Gasteiger partial charge < -0.3 is 5.11 Å². The molecule has 0 aliphatic rings. The van der Waals surface area contributed by atoms with E-state index in [0.29, 0.717) is 0 Å². The molecule has 1 rings (SSSR count). The highest BCUT2D eigenvalue weighted by Gasteiger charge is 2.37. The Labute approximate surface area is 80.2 Å². The molecular formula is C10H11F3O. The zero-order valence-electron chi connectivity index (χ0n) is 7.46. The normalized spacial score (nSPS) is 14.0. The van der Waals surface area contributed by atoms with E-state index in [1.54, 1.807) is 30.3 Å². The Hall–Kier alpha value is -1.03. The largest absolute Gasteiger partial charge is 0.414 e. The van der Waals surface area contributed by atoms with E-state index in [0.717, 1.165) is 5.56 Å². The van der Waals surface area contributed by atoms with E-state index in [-0.39, 0.29) is 12.8 Å². The first-order valence-corrected chi connectivity index (χ1v) is 4.29. The molecule has 0 heterocycles. The third kappa shape index (κ3) is 3.38. The van der Waals surface area contributed by atoms with Crippen LogP contribution >= 0.6 is 0 Å². The van der Waals surface area contributed by atoms with Crippen LogP contribution in [0.4, 0.5) is 13.2 Å². The maximum Gasteiger partial charge on any atom is 0.414 e. The Kier molecular flexibility index (Phi) is 3.52. The highest BCUT2D eigenvalue weighted by atomic mass is 19.4. The second-order valence-corrected chi connectivity index (χ2v) is 3.08. The van der Waals surface area contributed by atoms with Crippen molar-refractivity contribution in [3.63, 3.8) is 0 Å². The number of hydrogen-bond donors (Lipinski definition) is 1. The van der Waals surface area contributed by atoms with Crippen molar-refractivity contribution < 1.29 is 18.3 Å². The van der Waals surface area contributed by atoms with Crippen molar-refractivity contribution in [2.45, 2.75) is 25.1 Å². The van der Waals surface area contributed by atoms with Gasteiger partial charge in [-0.15, -0.1) is 0 Å². The molecule has 0 aliphatic carbocycles. The van der Waals surface area contributed by atoms with Gasteiger partial charge in [-0.2, -0.15) is 13.2 Å². The standard InChI is InChI=1S/C10H11F3O/c11-10(12,13)9(14)7-6-8-4-2-1-3-5-8/h1-5,9,14H,6-7H2/t9-/m1/s1. The first-order valence-electron chi connectivity index (χ1n) is 4.29. The van der Waals surface area contributed by atoms with Crippen molar-refractivity contribution in [1.82, 2.24) is 0 Å². The van der Waals surface area contributed by atoms with Crippen LogP contribution in [0.2, 0.25) is 0 Å². The van der Waals surface area contributed by atoms with E-state index >= 15 is 0 Å². The Morgan fingerprint density at radius 3 is 2.21 bits per heavy atom. The molecule has 1 nitrogen and oxygen atoms in total. The SMILES string of the molecule is O[C@H](CCc1ccccc1)C(F)(F)F. The highest BCUT2D eigenvalue weighted by Crippen LogP contribution is 2.23. The van der Waals surface area contributed by atoms with Gasteiger partial charge in [-0.05, 0) is 18.4 Å². The lowest BCUT2D eigenvalue weighted by atomic mass is 10.1. The number of benzene rings is 1. The fourth-order valence-electron chi connectivity index (χ4n) is 1.11. The molecule has 0 fully saturated rings. The molecule has 1 aromatic rings. The summed E-state index contributed by atoms with van der Waals surface area (Å²) in [7, 11) is 0. The summed E-state index contributed by atoms with van der Waals surface area (Å²) in [5.74, 6) is 0. The van der Waals surface area contributed by atoms with Crippen LogP contribution in [0.25, 0.3) is 0 Å². The Bertz CT molecular complexity index is 268. The molecule has 1 aromatic carbocycles. The number of halogens is 3. The van der Waals surface area contributed by atoms with Crippen molar-refractivity contribution in [3.05, 3.63) is 35.9 Å². The summed E-state index contributed by atoms with van der Waals surface area (Å²) in [6.45, 7) is 0. The topological polar surface area (TPSA) is 20.2 Å². The summed E-state index contributed by atoms with van der Waals surface area (Å²) in [6.07, 6.45) is -6.77. The average molecular weight is 204 g/mol. The summed E-state index contributed by atoms with van der Waals surface area (Å²) in [5, 5.41) is 8.72. The predicted octanol–water partition coefficient (Wildman–Crippen LogP) is 2.54. The Balaban J connectivity index is 2.42. The maximum absolute atomic E-state index is 11.9. The summed E-state index contributed by atoms with van der Waals surface area (Å²) < 4.78 is 35.7. The van der Waals surface area contributed by atoms with Crippen LogP contribution in [0, 0.1) is 0 Å². The number of aliphatic hydroxyl groups excluding tert-OH is 1. The monoisotopic (exact) mass is 204 g/mol. The predicted molar refractivity (Wildman–Crippen MR) is 46.8 cm³/mol. The van der Waals surface area contributed by atoms with Gasteiger partial charge in [0.25, 0.3) is 0 Å². The number of aryl methyl sites for hydroxylation is 1. The van der Waals surface area contributed by atoms with Crippen molar-refractivity contribution in [2.24, 2.45) is 0 Å². The second kappa shape index (κ2) is 4.46. The van der Waals surface area contributed by atoms with Gasteiger partial charge in [-0.3, -0.25) is 0 Å². The first-order chi connectivity index (χ1) is 6.50. The molecule has 0 spiro atoms. The molecule has 0 amide bonds. The molecule has 1 atom stereocenters. The van der Waals surface area contributed by atoms with E-state index < -0.39 is 12.3 Å². The molecule has 14 heavy (non-hydrogen) atoms. The zero-order valence-corrected chi connectivity index (χ0v) is 7.46. The van der Waals surface area contributed by atoms with Gasteiger partial charge in [0.15, 0.2) is 0 Å². The number of hydrogen-bond acceptors (Lipinski definition) is 1. The van der Waals surface area contributed by atoms with Gasteiger partial charge in [-0.25, -0.2) is 0 Å². The minimum atomic E-state index is -4.51. The minimum Gasteiger partial charge on any atom is -0.384 e. The molecule has 0 bridgehead atoms. The molecule has 0 saturated heterocycles. The second-order valence-electron chi connectivity index (χ2n) is 3.08. The third-order valence-corrected chi connectivity index (χ3v) is 1.93. The number of rotatable bonds is 3. The molecule has 0 aromatic heterocycles. The lowest BCUT2D eigenvalue weighted by Gasteiger charge is -2.13.